The van der Waals surface area contributed by atoms with Crippen molar-refractivity contribution in [3.8, 4) is 5.75 Å². The molecule has 0 aliphatic rings. The Balaban J connectivity index is 2.78. The van der Waals surface area contributed by atoms with Gasteiger partial charge in [0.05, 0.1) is 6.61 Å². The molecule has 0 saturated carbocycles. The Morgan fingerprint density at radius 3 is 2.74 bits per heavy atom. The van der Waals surface area contributed by atoms with E-state index in [1.165, 1.54) is 11.1 Å². The van der Waals surface area contributed by atoms with Gasteiger partial charge in [-0.05, 0) is 50.4 Å². The molecule has 0 amide bonds. The molecule has 106 valence electrons. The predicted molar refractivity (Wildman–Crippen MR) is 82.7 cm³/mol. The Morgan fingerprint density at radius 1 is 1.32 bits per heavy atom. The molecule has 1 atom stereocenters. The van der Waals surface area contributed by atoms with Crippen molar-refractivity contribution in [1.82, 2.24) is 5.32 Å². The van der Waals surface area contributed by atoms with Crippen molar-refractivity contribution >= 4 is 0 Å². The van der Waals surface area contributed by atoms with Gasteiger partial charge in [-0.1, -0.05) is 31.6 Å². The van der Waals surface area contributed by atoms with E-state index in [0.717, 1.165) is 38.2 Å². The largest absolute Gasteiger partial charge is 0.494 e. The zero-order valence-electron chi connectivity index (χ0n) is 12.5. The predicted octanol–water partition coefficient (Wildman–Crippen LogP) is 4.48. The third-order valence-electron chi connectivity index (χ3n) is 2.93. The van der Waals surface area contributed by atoms with Crippen LogP contribution in [0.15, 0.2) is 36.4 Å². The van der Waals surface area contributed by atoms with Crippen molar-refractivity contribution in [2.75, 3.05) is 13.2 Å². The first-order valence-electron chi connectivity index (χ1n) is 7.27. The molecule has 0 heterocycles. The van der Waals surface area contributed by atoms with Crippen molar-refractivity contribution in [3.63, 3.8) is 0 Å². The number of hydrogen-bond acceptors (Lipinski definition) is 2. The summed E-state index contributed by atoms with van der Waals surface area (Å²) in [5.74, 6) is 0.962. The van der Waals surface area contributed by atoms with E-state index in [1.54, 1.807) is 0 Å². The van der Waals surface area contributed by atoms with Crippen LogP contribution in [0.4, 0.5) is 0 Å². The first-order chi connectivity index (χ1) is 9.17. The van der Waals surface area contributed by atoms with Crippen molar-refractivity contribution < 1.29 is 4.74 Å². The molecule has 0 fully saturated rings. The van der Waals surface area contributed by atoms with Crippen LogP contribution >= 0.6 is 0 Å². The lowest BCUT2D eigenvalue weighted by molar-refractivity contribution is 0.316. The molecule has 2 heteroatoms. The van der Waals surface area contributed by atoms with Gasteiger partial charge in [0.1, 0.15) is 5.75 Å². The molecule has 1 N–H and O–H groups in total. The summed E-state index contributed by atoms with van der Waals surface area (Å²) in [6.07, 6.45) is 3.14. The second-order valence-electron chi connectivity index (χ2n) is 5.09. The normalized spacial score (nSPS) is 12.2. The van der Waals surface area contributed by atoms with Crippen LogP contribution in [0.3, 0.4) is 0 Å². The Labute approximate surface area is 117 Å². The van der Waals surface area contributed by atoms with Crippen molar-refractivity contribution in [2.45, 2.75) is 46.1 Å². The van der Waals surface area contributed by atoms with Gasteiger partial charge in [0.25, 0.3) is 0 Å². The summed E-state index contributed by atoms with van der Waals surface area (Å²) in [4.78, 5) is 0. The third kappa shape index (κ3) is 5.93. The minimum absolute atomic E-state index is 0.336. The van der Waals surface area contributed by atoms with Gasteiger partial charge in [-0.25, -0.2) is 0 Å². The maximum Gasteiger partial charge on any atom is 0.119 e. The second-order valence-corrected chi connectivity index (χ2v) is 5.09. The zero-order chi connectivity index (χ0) is 14.1. The highest BCUT2D eigenvalue weighted by atomic mass is 16.5. The van der Waals surface area contributed by atoms with Crippen LogP contribution in [0.1, 0.15) is 51.6 Å². The molecule has 1 unspecified atom stereocenters. The molecular formula is C17H27NO. The summed E-state index contributed by atoms with van der Waals surface area (Å²) < 4.78 is 5.71. The third-order valence-corrected chi connectivity index (χ3v) is 2.93. The molecule has 0 aliphatic heterocycles. The van der Waals surface area contributed by atoms with Crippen LogP contribution in [0.25, 0.3) is 0 Å². The van der Waals surface area contributed by atoms with E-state index in [9.17, 15) is 0 Å². The molecule has 1 aromatic rings. The number of rotatable bonds is 9. The maximum absolute atomic E-state index is 5.71. The molecule has 0 spiro atoms. The van der Waals surface area contributed by atoms with Gasteiger partial charge in [0.15, 0.2) is 0 Å². The van der Waals surface area contributed by atoms with Crippen molar-refractivity contribution in [2.24, 2.45) is 0 Å². The standard InChI is InChI=1S/C17H27NO/c1-5-10-18-17(12-14(3)4)15-8-7-9-16(13-15)19-11-6-2/h7-9,13,17-18H,3,5-6,10-12H2,1-2,4H3. The lowest BCUT2D eigenvalue weighted by Crippen LogP contribution is -2.22. The van der Waals surface area contributed by atoms with Crippen LogP contribution in [-0.2, 0) is 0 Å². The van der Waals surface area contributed by atoms with Crippen molar-refractivity contribution in [1.29, 1.82) is 0 Å². The topological polar surface area (TPSA) is 21.3 Å². The molecule has 0 saturated heterocycles. The quantitative estimate of drug-likeness (QED) is 0.662. The molecule has 2 nitrogen and oxygen atoms in total. The van der Waals surface area contributed by atoms with Gasteiger partial charge in [-0.2, -0.15) is 0 Å². The van der Waals surface area contributed by atoms with Crippen LogP contribution in [-0.4, -0.2) is 13.2 Å². The van der Waals surface area contributed by atoms with Crippen LogP contribution in [0.2, 0.25) is 0 Å². The van der Waals surface area contributed by atoms with Crippen molar-refractivity contribution in [3.05, 3.63) is 42.0 Å². The van der Waals surface area contributed by atoms with Crippen LogP contribution in [0.5, 0.6) is 5.75 Å². The molecule has 0 bridgehead atoms. The zero-order valence-corrected chi connectivity index (χ0v) is 12.5. The summed E-state index contributed by atoms with van der Waals surface area (Å²) in [5, 5.41) is 3.58. The summed E-state index contributed by atoms with van der Waals surface area (Å²) in [7, 11) is 0. The Morgan fingerprint density at radius 2 is 2.11 bits per heavy atom. The molecule has 0 aromatic heterocycles. The molecule has 0 radical (unpaired) electrons. The molecule has 19 heavy (non-hydrogen) atoms. The fraction of sp³-hybridized carbons (Fsp3) is 0.529. The van der Waals surface area contributed by atoms with Gasteiger partial charge < -0.3 is 10.1 Å². The lowest BCUT2D eigenvalue weighted by Gasteiger charge is -2.20. The van der Waals surface area contributed by atoms with Gasteiger partial charge >= 0.3 is 0 Å². The highest BCUT2D eigenvalue weighted by molar-refractivity contribution is 5.31. The van der Waals surface area contributed by atoms with E-state index < -0.39 is 0 Å². The Kier molecular flexibility index (Phi) is 7.27. The van der Waals surface area contributed by atoms with E-state index in [0.29, 0.717) is 6.04 Å². The number of ether oxygens (including phenoxy) is 1. The van der Waals surface area contributed by atoms with Gasteiger partial charge in [-0.3, -0.25) is 0 Å². The first kappa shape index (κ1) is 15.8. The summed E-state index contributed by atoms with van der Waals surface area (Å²) in [5.41, 5.74) is 2.48. The van der Waals surface area contributed by atoms with E-state index in [1.807, 2.05) is 6.07 Å². The number of benzene rings is 1. The van der Waals surface area contributed by atoms with Gasteiger partial charge in [0, 0.05) is 6.04 Å². The summed E-state index contributed by atoms with van der Waals surface area (Å²) >= 11 is 0. The molecule has 0 aliphatic carbocycles. The first-order valence-corrected chi connectivity index (χ1v) is 7.27. The summed E-state index contributed by atoms with van der Waals surface area (Å²) in [6, 6.07) is 8.74. The fourth-order valence-electron chi connectivity index (χ4n) is 2.02. The van der Waals surface area contributed by atoms with E-state index in [2.05, 4.69) is 50.9 Å². The molecule has 1 aromatic carbocycles. The number of hydrogen-bond donors (Lipinski definition) is 1. The smallest absolute Gasteiger partial charge is 0.119 e. The Bertz CT molecular complexity index is 387. The lowest BCUT2D eigenvalue weighted by atomic mass is 10.00. The van der Waals surface area contributed by atoms with E-state index in [4.69, 9.17) is 4.74 Å². The minimum Gasteiger partial charge on any atom is -0.494 e. The Hall–Kier alpha value is -1.28. The second kappa shape index (κ2) is 8.76. The highest BCUT2D eigenvalue weighted by Crippen LogP contribution is 2.24. The number of nitrogens with one attached hydrogen (secondary N) is 1. The highest BCUT2D eigenvalue weighted by Gasteiger charge is 2.11. The average Bonchev–Trinajstić information content (AvgIpc) is 2.41. The van der Waals surface area contributed by atoms with Crippen LogP contribution in [0, 0.1) is 0 Å². The van der Waals surface area contributed by atoms with Gasteiger partial charge in [0.2, 0.25) is 0 Å². The fourth-order valence-corrected chi connectivity index (χ4v) is 2.02. The molecular weight excluding hydrogens is 234 g/mol. The molecule has 1 rings (SSSR count). The van der Waals surface area contributed by atoms with Gasteiger partial charge in [-0.15, -0.1) is 6.58 Å². The van der Waals surface area contributed by atoms with E-state index in [-0.39, 0.29) is 0 Å². The minimum atomic E-state index is 0.336. The van der Waals surface area contributed by atoms with E-state index >= 15 is 0 Å². The monoisotopic (exact) mass is 261 g/mol. The summed E-state index contributed by atoms with van der Waals surface area (Å²) in [6.45, 7) is 12.2. The van der Waals surface area contributed by atoms with Crippen LogP contribution < -0.4 is 10.1 Å². The maximum atomic E-state index is 5.71. The SMILES string of the molecule is C=C(C)CC(NCCC)c1cccc(OCCC)c1. The average molecular weight is 261 g/mol.